The topological polar surface area (TPSA) is 89.5 Å². The molecule has 2 rings (SSSR count). The molecule has 19 heavy (non-hydrogen) atoms. The molecule has 1 unspecified atom stereocenters. The molecule has 1 amide bonds. The Bertz CT molecular complexity index is 490. The molecule has 0 spiro atoms. The molecule has 1 aromatic carbocycles. The molecular weight excluding hydrogens is 246 g/mol. The smallest absolute Gasteiger partial charge is 0.269 e. The SMILES string of the molecule is NC(=O)C1CCCN(Cc2cccc([N+](=O)[O-])c2)C1. The summed E-state index contributed by atoms with van der Waals surface area (Å²) in [6.45, 7) is 2.15. The highest BCUT2D eigenvalue weighted by Crippen LogP contribution is 2.20. The quantitative estimate of drug-likeness (QED) is 0.654. The van der Waals surface area contributed by atoms with Crippen molar-refractivity contribution in [3.63, 3.8) is 0 Å². The Labute approximate surface area is 111 Å². The first-order chi connectivity index (χ1) is 9.06. The number of nitro groups is 1. The Morgan fingerprint density at radius 1 is 1.53 bits per heavy atom. The molecule has 0 radical (unpaired) electrons. The van der Waals surface area contributed by atoms with Gasteiger partial charge in [0.05, 0.1) is 10.8 Å². The molecule has 1 aliphatic rings. The van der Waals surface area contributed by atoms with Gasteiger partial charge in [0.15, 0.2) is 0 Å². The Kier molecular flexibility index (Phi) is 4.11. The second-order valence-corrected chi connectivity index (χ2v) is 4.90. The fraction of sp³-hybridized carbons (Fsp3) is 0.462. The van der Waals surface area contributed by atoms with Crippen molar-refractivity contribution in [1.82, 2.24) is 4.90 Å². The molecule has 2 N–H and O–H groups in total. The fourth-order valence-electron chi connectivity index (χ4n) is 2.46. The third-order valence-electron chi connectivity index (χ3n) is 3.44. The van der Waals surface area contributed by atoms with E-state index in [0.717, 1.165) is 24.9 Å². The van der Waals surface area contributed by atoms with Gasteiger partial charge in [-0.05, 0) is 24.9 Å². The third-order valence-corrected chi connectivity index (χ3v) is 3.44. The monoisotopic (exact) mass is 263 g/mol. The molecule has 0 bridgehead atoms. The second-order valence-electron chi connectivity index (χ2n) is 4.90. The van der Waals surface area contributed by atoms with Gasteiger partial charge in [-0.1, -0.05) is 12.1 Å². The van der Waals surface area contributed by atoms with Gasteiger partial charge < -0.3 is 5.73 Å². The highest BCUT2D eigenvalue weighted by Gasteiger charge is 2.24. The van der Waals surface area contributed by atoms with E-state index in [1.54, 1.807) is 12.1 Å². The lowest BCUT2D eigenvalue weighted by molar-refractivity contribution is -0.384. The van der Waals surface area contributed by atoms with Gasteiger partial charge in [-0.2, -0.15) is 0 Å². The van der Waals surface area contributed by atoms with E-state index in [1.165, 1.54) is 6.07 Å². The van der Waals surface area contributed by atoms with Crippen LogP contribution in [-0.4, -0.2) is 28.8 Å². The maximum absolute atomic E-state index is 11.2. The average Bonchev–Trinajstić information content (AvgIpc) is 2.39. The summed E-state index contributed by atoms with van der Waals surface area (Å²) in [5.41, 5.74) is 6.32. The molecule has 1 heterocycles. The first-order valence-corrected chi connectivity index (χ1v) is 6.31. The lowest BCUT2D eigenvalue weighted by Gasteiger charge is -2.31. The van der Waals surface area contributed by atoms with E-state index in [4.69, 9.17) is 5.73 Å². The van der Waals surface area contributed by atoms with Crippen molar-refractivity contribution in [2.45, 2.75) is 19.4 Å². The van der Waals surface area contributed by atoms with Crippen LogP contribution in [-0.2, 0) is 11.3 Å². The van der Waals surface area contributed by atoms with Gasteiger partial charge >= 0.3 is 0 Å². The van der Waals surface area contributed by atoms with Gasteiger partial charge in [0, 0.05) is 25.2 Å². The van der Waals surface area contributed by atoms with E-state index < -0.39 is 4.92 Å². The van der Waals surface area contributed by atoms with Crippen molar-refractivity contribution >= 4 is 11.6 Å². The lowest BCUT2D eigenvalue weighted by atomic mass is 9.97. The van der Waals surface area contributed by atoms with Crippen molar-refractivity contribution in [1.29, 1.82) is 0 Å². The third kappa shape index (κ3) is 3.51. The summed E-state index contributed by atoms with van der Waals surface area (Å²) in [7, 11) is 0. The number of nitrogens with two attached hydrogens (primary N) is 1. The van der Waals surface area contributed by atoms with E-state index in [9.17, 15) is 14.9 Å². The molecule has 0 aliphatic carbocycles. The molecule has 6 nitrogen and oxygen atoms in total. The van der Waals surface area contributed by atoms with Crippen LogP contribution < -0.4 is 5.73 Å². The summed E-state index contributed by atoms with van der Waals surface area (Å²) >= 11 is 0. The number of rotatable bonds is 4. The highest BCUT2D eigenvalue weighted by atomic mass is 16.6. The number of nitrogens with zero attached hydrogens (tertiary/aromatic N) is 2. The van der Waals surface area contributed by atoms with E-state index >= 15 is 0 Å². The molecular formula is C13H17N3O3. The second kappa shape index (κ2) is 5.79. The van der Waals surface area contributed by atoms with Gasteiger partial charge in [0.2, 0.25) is 5.91 Å². The van der Waals surface area contributed by atoms with Crippen LogP contribution in [0.25, 0.3) is 0 Å². The minimum absolute atomic E-state index is 0.0981. The van der Waals surface area contributed by atoms with Gasteiger partial charge in [0.1, 0.15) is 0 Å². The molecule has 0 aromatic heterocycles. The maximum Gasteiger partial charge on any atom is 0.269 e. The van der Waals surface area contributed by atoms with Gasteiger partial charge in [0.25, 0.3) is 5.69 Å². The summed E-state index contributed by atoms with van der Waals surface area (Å²) in [6.07, 6.45) is 1.77. The summed E-state index contributed by atoms with van der Waals surface area (Å²) in [5.74, 6) is -0.365. The average molecular weight is 263 g/mol. The molecule has 0 saturated carbocycles. The normalized spacial score (nSPS) is 20.1. The van der Waals surface area contributed by atoms with Crippen LogP contribution in [0, 0.1) is 16.0 Å². The van der Waals surface area contributed by atoms with Crippen LogP contribution in [0.1, 0.15) is 18.4 Å². The van der Waals surface area contributed by atoms with E-state index in [2.05, 4.69) is 4.90 Å². The number of primary amides is 1. The number of hydrogen-bond acceptors (Lipinski definition) is 4. The van der Waals surface area contributed by atoms with Crippen LogP contribution in [0.4, 0.5) is 5.69 Å². The first kappa shape index (κ1) is 13.5. The molecule has 1 fully saturated rings. The number of amides is 1. The zero-order valence-corrected chi connectivity index (χ0v) is 10.6. The molecule has 1 aromatic rings. The number of piperidine rings is 1. The summed E-state index contributed by atoms with van der Waals surface area (Å²) < 4.78 is 0. The Hall–Kier alpha value is -1.95. The Balaban J connectivity index is 2.02. The van der Waals surface area contributed by atoms with Crippen LogP contribution in [0.15, 0.2) is 24.3 Å². The summed E-state index contributed by atoms with van der Waals surface area (Å²) in [5, 5.41) is 10.7. The number of non-ortho nitro benzene ring substituents is 1. The minimum Gasteiger partial charge on any atom is -0.369 e. The predicted octanol–water partition coefficient (Wildman–Crippen LogP) is 1.29. The molecule has 1 aliphatic heterocycles. The summed E-state index contributed by atoms with van der Waals surface area (Å²) in [4.78, 5) is 23.6. The van der Waals surface area contributed by atoms with E-state index in [-0.39, 0.29) is 17.5 Å². The lowest BCUT2D eigenvalue weighted by Crippen LogP contribution is -2.40. The van der Waals surface area contributed by atoms with Gasteiger partial charge in [-0.15, -0.1) is 0 Å². The number of hydrogen-bond donors (Lipinski definition) is 1. The molecule has 102 valence electrons. The number of carbonyl (C=O) groups excluding carboxylic acids is 1. The van der Waals surface area contributed by atoms with Crippen molar-refractivity contribution in [2.24, 2.45) is 11.7 Å². The number of nitro benzene ring substituents is 1. The van der Waals surface area contributed by atoms with Crippen LogP contribution in [0.5, 0.6) is 0 Å². The van der Waals surface area contributed by atoms with Crippen molar-refractivity contribution in [3.05, 3.63) is 39.9 Å². The van der Waals surface area contributed by atoms with Gasteiger partial charge in [-0.25, -0.2) is 0 Å². The van der Waals surface area contributed by atoms with Crippen LogP contribution in [0.2, 0.25) is 0 Å². The van der Waals surface area contributed by atoms with E-state index in [0.29, 0.717) is 13.1 Å². The summed E-state index contributed by atoms with van der Waals surface area (Å²) in [6, 6.07) is 6.60. The van der Waals surface area contributed by atoms with Crippen LogP contribution in [0.3, 0.4) is 0 Å². The van der Waals surface area contributed by atoms with Crippen molar-refractivity contribution in [2.75, 3.05) is 13.1 Å². The molecule has 6 heteroatoms. The Morgan fingerprint density at radius 3 is 3.00 bits per heavy atom. The largest absolute Gasteiger partial charge is 0.369 e. The van der Waals surface area contributed by atoms with E-state index in [1.807, 2.05) is 6.07 Å². The van der Waals surface area contributed by atoms with Gasteiger partial charge in [-0.3, -0.25) is 19.8 Å². The number of likely N-dealkylation sites (tertiary alicyclic amines) is 1. The zero-order valence-electron chi connectivity index (χ0n) is 10.6. The maximum atomic E-state index is 11.2. The Morgan fingerprint density at radius 2 is 2.32 bits per heavy atom. The number of carbonyl (C=O) groups is 1. The minimum atomic E-state index is -0.397. The molecule has 1 saturated heterocycles. The fourth-order valence-corrected chi connectivity index (χ4v) is 2.46. The predicted molar refractivity (Wildman–Crippen MR) is 70.3 cm³/mol. The zero-order chi connectivity index (χ0) is 13.8. The first-order valence-electron chi connectivity index (χ1n) is 6.31. The molecule has 1 atom stereocenters. The van der Waals surface area contributed by atoms with Crippen LogP contribution >= 0.6 is 0 Å². The van der Waals surface area contributed by atoms with Crippen molar-refractivity contribution < 1.29 is 9.72 Å². The standard InChI is InChI=1S/C13H17N3O3/c14-13(17)11-4-2-6-15(9-11)8-10-3-1-5-12(7-10)16(18)19/h1,3,5,7,11H,2,4,6,8-9H2,(H2,14,17). The number of benzene rings is 1. The highest BCUT2D eigenvalue weighted by molar-refractivity contribution is 5.76. The van der Waals surface area contributed by atoms with Crippen molar-refractivity contribution in [3.8, 4) is 0 Å².